The minimum atomic E-state index is -5.43. The Balaban J connectivity index is 4.08. The van der Waals surface area contributed by atoms with E-state index in [9.17, 15) is 21.6 Å². The third kappa shape index (κ3) is 3.37. The van der Waals surface area contributed by atoms with Crippen molar-refractivity contribution in [2.75, 3.05) is 13.2 Å². The van der Waals surface area contributed by atoms with Crippen molar-refractivity contribution in [2.45, 2.75) is 11.9 Å². The van der Waals surface area contributed by atoms with Gasteiger partial charge in [-0.05, 0) is 13.0 Å². The Morgan fingerprint density at radius 3 is 2.17 bits per heavy atom. The van der Waals surface area contributed by atoms with Gasteiger partial charge < -0.3 is 5.73 Å². The van der Waals surface area contributed by atoms with Crippen LogP contribution in [0.4, 0.5) is 13.2 Å². The van der Waals surface area contributed by atoms with Crippen LogP contribution in [0.3, 0.4) is 0 Å². The Hall–Kier alpha value is -0.340. The molecule has 0 aromatic rings. The molecule has 0 aromatic carbocycles. The third-order valence-electron chi connectivity index (χ3n) is 0.870. The monoisotopic (exact) mass is 207 g/mol. The second-order valence-electron chi connectivity index (χ2n) is 1.86. The maximum atomic E-state index is 11.5. The number of rotatable bonds is 4. The summed E-state index contributed by atoms with van der Waals surface area (Å²) in [7, 11) is -5.43. The summed E-state index contributed by atoms with van der Waals surface area (Å²) in [5.41, 5.74) is -0.435. The maximum absolute atomic E-state index is 11.5. The van der Waals surface area contributed by atoms with Crippen LogP contribution >= 0.6 is 0 Å². The van der Waals surface area contributed by atoms with Gasteiger partial charge in [0.25, 0.3) is 0 Å². The van der Waals surface area contributed by atoms with E-state index in [1.54, 1.807) is 0 Å². The van der Waals surface area contributed by atoms with E-state index in [2.05, 4.69) is 4.18 Å². The largest absolute Gasteiger partial charge is 0.523 e. The van der Waals surface area contributed by atoms with E-state index >= 15 is 0 Å². The molecular formula is C4H8F3NO3S. The quantitative estimate of drug-likeness (QED) is 0.406. The molecule has 0 heterocycles. The van der Waals surface area contributed by atoms with Gasteiger partial charge in [0, 0.05) is 0 Å². The van der Waals surface area contributed by atoms with Crippen LogP contribution < -0.4 is 5.73 Å². The lowest BCUT2D eigenvalue weighted by atomic mass is 10.5. The third-order valence-corrected chi connectivity index (χ3v) is 1.91. The van der Waals surface area contributed by atoms with Gasteiger partial charge in [-0.15, -0.1) is 0 Å². The first-order chi connectivity index (χ1) is 5.31. The van der Waals surface area contributed by atoms with E-state index < -0.39 is 22.2 Å². The van der Waals surface area contributed by atoms with Gasteiger partial charge in [-0.3, -0.25) is 4.18 Å². The molecule has 12 heavy (non-hydrogen) atoms. The molecule has 0 radical (unpaired) electrons. The van der Waals surface area contributed by atoms with Gasteiger partial charge in [0.05, 0.1) is 6.61 Å². The highest BCUT2D eigenvalue weighted by atomic mass is 32.2. The molecule has 74 valence electrons. The lowest BCUT2D eigenvalue weighted by Gasteiger charge is -2.06. The zero-order chi connectivity index (χ0) is 9.83. The zero-order valence-corrected chi connectivity index (χ0v) is 6.78. The molecule has 4 nitrogen and oxygen atoms in total. The van der Waals surface area contributed by atoms with Crippen LogP contribution in [0.15, 0.2) is 0 Å². The van der Waals surface area contributed by atoms with Gasteiger partial charge in [0.2, 0.25) is 0 Å². The first kappa shape index (κ1) is 11.7. The number of alkyl halides is 3. The van der Waals surface area contributed by atoms with Crippen LogP contribution in [0, 0.1) is 0 Å². The average molecular weight is 207 g/mol. The lowest BCUT2D eigenvalue weighted by molar-refractivity contribution is -0.0542. The van der Waals surface area contributed by atoms with E-state index in [1.807, 2.05) is 0 Å². The minimum Gasteiger partial charge on any atom is -0.330 e. The smallest absolute Gasteiger partial charge is 0.330 e. The van der Waals surface area contributed by atoms with Gasteiger partial charge in [-0.1, -0.05) is 0 Å². The van der Waals surface area contributed by atoms with Crippen molar-refractivity contribution in [3.8, 4) is 0 Å². The van der Waals surface area contributed by atoms with E-state index in [4.69, 9.17) is 5.73 Å². The Labute approximate surface area is 67.6 Å². The van der Waals surface area contributed by atoms with Crippen molar-refractivity contribution in [3.05, 3.63) is 0 Å². The fraction of sp³-hybridized carbons (Fsp3) is 1.00. The predicted molar refractivity (Wildman–Crippen MR) is 34.6 cm³/mol. The fourth-order valence-corrected chi connectivity index (χ4v) is 0.790. The van der Waals surface area contributed by atoms with Gasteiger partial charge in [0.15, 0.2) is 0 Å². The summed E-state index contributed by atoms with van der Waals surface area (Å²) in [5.74, 6) is 0. The van der Waals surface area contributed by atoms with E-state index in [1.165, 1.54) is 0 Å². The van der Waals surface area contributed by atoms with Crippen LogP contribution in [-0.2, 0) is 14.3 Å². The van der Waals surface area contributed by atoms with E-state index in [-0.39, 0.29) is 13.0 Å². The first-order valence-corrected chi connectivity index (χ1v) is 4.38. The molecule has 0 rings (SSSR count). The summed E-state index contributed by atoms with van der Waals surface area (Å²) in [6.07, 6.45) is 0.0648. The molecule has 0 saturated carbocycles. The molecule has 0 aliphatic rings. The highest BCUT2D eigenvalue weighted by Crippen LogP contribution is 2.24. The Morgan fingerprint density at radius 1 is 1.33 bits per heavy atom. The molecule has 2 N–H and O–H groups in total. The molecule has 0 amide bonds. The molecule has 0 saturated heterocycles. The summed E-state index contributed by atoms with van der Waals surface area (Å²) in [6.45, 7) is -0.467. The molecular weight excluding hydrogens is 199 g/mol. The minimum absolute atomic E-state index is 0.0648. The number of hydrogen-bond acceptors (Lipinski definition) is 4. The van der Waals surface area contributed by atoms with Gasteiger partial charge >= 0.3 is 15.6 Å². The standard InChI is InChI=1S/C4H8F3NO3S/c5-4(6,7)12(9,10)11-3-1-2-8/h1-3,8H2. The SMILES string of the molecule is NCCCOS(=O)(=O)C(F)(F)F. The fourth-order valence-electron chi connectivity index (χ4n) is 0.319. The summed E-state index contributed by atoms with van der Waals surface area (Å²) in [6, 6.07) is 0. The van der Waals surface area contributed by atoms with Crippen molar-refractivity contribution < 1.29 is 25.8 Å². The number of hydrogen-bond donors (Lipinski definition) is 1. The van der Waals surface area contributed by atoms with Crippen molar-refractivity contribution in [1.82, 2.24) is 0 Å². The second kappa shape index (κ2) is 4.06. The van der Waals surface area contributed by atoms with Crippen molar-refractivity contribution >= 4 is 10.1 Å². The van der Waals surface area contributed by atoms with Crippen LogP contribution in [0.25, 0.3) is 0 Å². The van der Waals surface area contributed by atoms with Crippen LogP contribution in [0.2, 0.25) is 0 Å². The molecule has 0 aromatic heterocycles. The van der Waals surface area contributed by atoms with Crippen molar-refractivity contribution in [1.29, 1.82) is 0 Å². The highest BCUT2D eigenvalue weighted by Gasteiger charge is 2.47. The van der Waals surface area contributed by atoms with Crippen LogP contribution in [0.5, 0.6) is 0 Å². The van der Waals surface area contributed by atoms with E-state index in [0.29, 0.717) is 0 Å². The van der Waals surface area contributed by atoms with Crippen LogP contribution in [0.1, 0.15) is 6.42 Å². The second-order valence-corrected chi connectivity index (χ2v) is 3.47. The molecule has 0 aliphatic carbocycles. The zero-order valence-electron chi connectivity index (χ0n) is 5.97. The predicted octanol–water partition coefficient (Wildman–Crippen LogP) is 0.201. The molecule has 0 atom stereocenters. The van der Waals surface area contributed by atoms with Crippen molar-refractivity contribution in [3.63, 3.8) is 0 Å². The molecule has 0 unspecified atom stereocenters. The van der Waals surface area contributed by atoms with E-state index in [0.717, 1.165) is 0 Å². The Kier molecular flexibility index (Phi) is 3.94. The molecule has 0 fully saturated rings. The number of halogens is 3. The molecule has 0 bridgehead atoms. The lowest BCUT2D eigenvalue weighted by Crippen LogP contribution is -2.26. The summed E-state index contributed by atoms with van der Waals surface area (Å²) in [5, 5.41) is 0. The summed E-state index contributed by atoms with van der Waals surface area (Å²) in [4.78, 5) is 0. The normalized spacial score (nSPS) is 13.3. The summed E-state index contributed by atoms with van der Waals surface area (Å²) < 4.78 is 58.4. The summed E-state index contributed by atoms with van der Waals surface area (Å²) >= 11 is 0. The highest BCUT2D eigenvalue weighted by molar-refractivity contribution is 7.87. The van der Waals surface area contributed by atoms with Gasteiger partial charge in [-0.2, -0.15) is 21.6 Å². The molecule has 0 aliphatic heterocycles. The first-order valence-electron chi connectivity index (χ1n) is 2.97. The number of nitrogens with two attached hydrogens (primary N) is 1. The molecule has 8 heteroatoms. The molecule has 0 spiro atoms. The van der Waals surface area contributed by atoms with Gasteiger partial charge in [0.1, 0.15) is 0 Å². The maximum Gasteiger partial charge on any atom is 0.523 e. The Bertz CT molecular complexity index is 222. The topological polar surface area (TPSA) is 69.4 Å². The van der Waals surface area contributed by atoms with Crippen molar-refractivity contribution in [2.24, 2.45) is 5.73 Å². The van der Waals surface area contributed by atoms with Crippen LogP contribution in [-0.4, -0.2) is 27.1 Å². The van der Waals surface area contributed by atoms with Gasteiger partial charge in [-0.25, -0.2) is 0 Å². The Morgan fingerprint density at radius 2 is 1.83 bits per heavy atom. The average Bonchev–Trinajstić information content (AvgIpc) is 1.85.